The molecule has 3 N–H and O–H groups in total. The third kappa shape index (κ3) is 4.60. The maximum atomic E-state index is 12.1. The molecule has 1 heterocycles. The average Bonchev–Trinajstić information content (AvgIpc) is 2.44. The minimum absolute atomic E-state index is 0.276. The lowest BCUT2D eigenvalue weighted by Gasteiger charge is -2.09. The van der Waals surface area contributed by atoms with E-state index in [1.807, 2.05) is 0 Å². The van der Waals surface area contributed by atoms with Crippen LogP contribution in [0.25, 0.3) is 11.3 Å². The van der Waals surface area contributed by atoms with Gasteiger partial charge in [0.05, 0.1) is 5.69 Å². The van der Waals surface area contributed by atoms with Gasteiger partial charge in [-0.1, -0.05) is 0 Å². The van der Waals surface area contributed by atoms with E-state index in [9.17, 15) is 13.2 Å². The van der Waals surface area contributed by atoms with E-state index in [1.165, 1.54) is 24.3 Å². The fourth-order valence-electron chi connectivity index (χ4n) is 1.62. The SMILES string of the molecule is NCCNc1nccc(-c2ccc(OC(F)(F)F)cc2)n1. The van der Waals surface area contributed by atoms with Crippen LogP contribution in [0.4, 0.5) is 19.1 Å². The second-order valence-electron chi connectivity index (χ2n) is 4.05. The number of anilines is 1. The number of ether oxygens (including phenoxy) is 1. The second-order valence-corrected chi connectivity index (χ2v) is 4.05. The van der Waals surface area contributed by atoms with E-state index in [-0.39, 0.29) is 5.75 Å². The van der Waals surface area contributed by atoms with E-state index in [0.717, 1.165) is 0 Å². The first kappa shape index (κ1) is 15.0. The van der Waals surface area contributed by atoms with Gasteiger partial charge in [-0.25, -0.2) is 9.97 Å². The summed E-state index contributed by atoms with van der Waals surface area (Å²) >= 11 is 0. The zero-order chi connectivity index (χ0) is 15.3. The molecule has 1 aromatic carbocycles. The van der Waals surface area contributed by atoms with Crippen molar-refractivity contribution in [1.29, 1.82) is 0 Å². The van der Waals surface area contributed by atoms with Crippen molar-refractivity contribution in [3.8, 4) is 17.0 Å². The number of nitrogens with zero attached hydrogens (tertiary/aromatic N) is 2. The van der Waals surface area contributed by atoms with Crippen LogP contribution >= 0.6 is 0 Å². The van der Waals surface area contributed by atoms with Crippen LogP contribution in [0.3, 0.4) is 0 Å². The number of nitrogens with one attached hydrogen (secondary N) is 1. The molecule has 1 aromatic heterocycles. The largest absolute Gasteiger partial charge is 0.573 e. The molecule has 0 aliphatic carbocycles. The standard InChI is InChI=1S/C13H13F3N4O/c14-13(15,16)21-10-3-1-9(2-4-10)11-5-7-18-12(20-11)19-8-6-17/h1-5,7H,6,8,17H2,(H,18,19,20). The van der Waals surface area contributed by atoms with Crippen molar-refractivity contribution >= 4 is 5.95 Å². The summed E-state index contributed by atoms with van der Waals surface area (Å²) in [6, 6.07) is 7.12. The van der Waals surface area contributed by atoms with Crippen LogP contribution in [0.15, 0.2) is 36.5 Å². The van der Waals surface area contributed by atoms with Crippen molar-refractivity contribution in [2.24, 2.45) is 5.73 Å². The van der Waals surface area contributed by atoms with Crippen molar-refractivity contribution < 1.29 is 17.9 Å². The molecule has 0 bridgehead atoms. The molecule has 0 fully saturated rings. The highest BCUT2D eigenvalue weighted by Crippen LogP contribution is 2.25. The van der Waals surface area contributed by atoms with Crippen LogP contribution in [0.5, 0.6) is 5.75 Å². The third-order valence-electron chi connectivity index (χ3n) is 2.47. The summed E-state index contributed by atoms with van der Waals surface area (Å²) in [5.74, 6) is 0.135. The molecule has 0 aliphatic heterocycles. The van der Waals surface area contributed by atoms with Crippen LogP contribution in [0.1, 0.15) is 0 Å². The highest BCUT2D eigenvalue weighted by atomic mass is 19.4. The first-order chi connectivity index (χ1) is 9.98. The van der Waals surface area contributed by atoms with Crippen LogP contribution in [-0.4, -0.2) is 29.4 Å². The number of rotatable bonds is 5. The Labute approximate surface area is 119 Å². The lowest BCUT2D eigenvalue weighted by atomic mass is 10.1. The molecule has 0 unspecified atom stereocenters. The van der Waals surface area contributed by atoms with E-state index >= 15 is 0 Å². The quantitative estimate of drug-likeness (QED) is 0.887. The third-order valence-corrected chi connectivity index (χ3v) is 2.47. The summed E-state index contributed by atoms with van der Waals surface area (Å²) < 4.78 is 40.0. The molecule has 0 aliphatic rings. The average molecular weight is 298 g/mol. The lowest BCUT2D eigenvalue weighted by Crippen LogP contribution is -2.17. The second kappa shape index (κ2) is 6.40. The van der Waals surface area contributed by atoms with Crippen molar-refractivity contribution in [3.63, 3.8) is 0 Å². The van der Waals surface area contributed by atoms with Gasteiger partial charge in [-0.3, -0.25) is 0 Å². The summed E-state index contributed by atoms with van der Waals surface area (Å²) in [6.45, 7) is 0.971. The smallest absolute Gasteiger partial charge is 0.406 e. The number of hydrogen-bond donors (Lipinski definition) is 2. The topological polar surface area (TPSA) is 73.1 Å². The maximum Gasteiger partial charge on any atom is 0.573 e. The zero-order valence-corrected chi connectivity index (χ0v) is 10.9. The fourth-order valence-corrected chi connectivity index (χ4v) is 1.62. The Hall–Kier alpha value is -2.35. The van der Waals surface area contributed by atoms with Gasteiger partial charge in [-0.2, -0.15) is 0 Å². The summed E-state index contributed by atoms with van der Waals surface area (Å²) in [7, 11) is 0. The van der Waals surface area contributed by atoms with Crippen LogP contribution in [0.2, 0.25) is 0 Å². The molecule has 8 heteroatoms. The van der Waals surface area contributed by atoms with Gasteiger partial charge in [0, 0.05) is 24.8 Å². The first-order valence-corrected chi connectivity index (χ1v) is 6.11. The van der Waals surface area contributed by atoms with Crippen molar-refractivity contribution in [2.45, 2.75) is 6.36 Å². The molecule has 2 rings (SSSR count). The molecule has 0 amide bonds. The fraction of sp³-hybridized carbons (Fsp3) is 0.231. The molecule has 5 nitrogen and oxygen atoms in total. The van der Waals surface area contributed by atoms with E-state index in [0.29, 0.717) is 30.3 Å². The van der Waals surface area contributed by atoms with Gasteiger partial charge in [0.2, 0.25) is 5.95 Å². The summed E-state index contributed by atoms with van der Waals surface area (Å²) in [6.07, 6.45) is -3.14. The van der Waals surface area contributed by atoms with Gasteiger partial charge in [-0.15, -0.1) is 13.2 Å². The Morgan fingerprint density at radius 1 is 1.14 bits per heavy atom. The van der Waals surface area contributed by atoms with Crippen LogP contribution in [0, 0.1) is 0 Å². The van der Waals surface area contributed by atoms with Gasteiger partial charge in [0.1, 0.15) is 5.75 Å². The summed E-state index contributed by atoms with van der Waals surface area (Å²) in [5.41, 5.74) is 6.61. The number of hydrogen-bond acceptors (Lipinski definition) is 5. The van der Waals surface area contributed by atoms with Gasteiger partial charge >= 0.3 is 6.36 Å². The van der Waals surface area contributed by atoms with Crippen molar-refractivity contribution in [3.05, 3.63) is 36.5 Å². The predicted molar refractivity (Wildman–Crippen MR) is 71.7 cm³/mol. The zero-order valence-electron chi connectivity index (χ0n) is 10.9. The number of alkyl halides is 3. The summed E-state index contributed by atoms with van der Waals surface area (Å²) in [5, 5.41) is 2.93. The molecular weight excluding hydrogens is 285 g/mol. The minimum atomic E-state index is -4.70. The van der Waals surface area contributed by atoms with Crippen molar-refractivity contribution in [2.75, 3.05) is 18.4 Å². The normalized spacial score (nSPS) is 11.2. The van der Waals surface area contributed by atoms with Gasteiger partial charge in [0.25, 0.3) is 0 Å². The molecule has 21 heavy (non-hydrogen) atoms. The van der Waals surface area contributed by atoms with Crippen LogP contribution in [-0.2, 0) is 0 Å². The van der Waals surface area contributed by atoms with E-state index in [4.69, 9.17) is 5.73 Å². The predicted octanol–water partition coefficient (Wildman–Crippen LogP) is 2.41. The Morgan fingerprint density at radius 2 is 1.86 bits per heavy atom. The molecule has 0 radical (unpaired) electrons. The number of aromatic nitrogens is 2. The number of halogens is 3. The highest BCUT2D eigenvalue weighted by molar-refractivity contribution is 5.60. The molecule has 112 valence electrons. The molecule has 2 aromatic rings. The van der Waals surface area contributed by atoms with Gasteiger partial charge < -0.3 is 15.8 Å². The van der Waals surface area contributed by atoms with Crippen LogP contribution < -0.4 is 15.8 Å². The molecule has 0 spiro atoms. The molecular formula is C13H13F3N4O. The Balaban J connectivity index is 2.15. The monoisotopic (exact) mass is 298 g/mol. The van der Waals surface area contributed by atoms with Gasteiger partial charge in [-0.05, 0) is 30.3 Å². The lowest BCUT2D eigenvalue weighted by molar-refractivity contribution is -0.274. The number of benzene rings is 1. The number of nitrogens with two attached hydrogens (primary N) is 1. The minimum Gasteiger partial charge on any atom is -0.406 e. The van der Waals surface area contributed by atoms with Gasteiger partial charge in [0.15, 0.2) is 0 Å². The van der Waals surface area contributed by atoms with E-state index in [2.05, 4.69) is 20.0 Å². The highest BCUT2D eigenvalue weighted by Gasteiger charge is 2.30. The Morgan fingerprint density at radius 3 is 2.48 bits per heavy atom. The van der Waals surface area contributed by atoms with Crippen molar-refractivity contribution in [1.82, 2.24) is 9.97 Å². The summed E-state index contributed by atoms with van der Waals surface area (Å²) in [4.78, 5) is 8.26. The first-order valence-electron chi connectivity index (χ1n) is 6.11. The Kier molecular flexibility index (Phi) is 4.59. The van der Waals surface area contributed by atoms with E-state index < -0.39 is 6.36 Å². The molecule has 0 saturated carbocycles. The van der Waals surface area contributed by atoms with E-state index in [1.54, 1.807) is 12.3 Å². The molecule has 0 saturated heterocycles. The Bertz CT molecular complexity index is 587. The maximum absolute atomic E-state index is 12.1. The molecule has 0 atom stereocenters.